The van der Waals surface area contributed by atoms with Gasteiger partial charge in [-0.1, -0.05) is 30.3 Å². The number of ether oxygens (including phenoxy) is 1. The maximum Gasteiger partial charge on any atom is 0.318 e. The number of amides is 3. The largest absolute Gasteiger partial charge is 0.449 e. The van der Waals surface area contributed by atoms with Gasteiger partial charge in [0.2, 0.25) is 11.7 Å². The Labute approximate surface area is 225 Å². The summed E-state index contributed by atoms with van der Waals surface area (Å²) in [7, 11) is 0. The number of hydrogen-bond donors (Lipinski definition) is 1. The molecule has 1 fully saturated rings. The molecule has 1 heterocycles. The van der Waals surface area contributed by atoms with E-state index < -0.39 is 44.8 Å². The maximum atomic E-state index is 13.0. The van der Waals surface area contributed by atoms with Gasteiger partial charge in [0.1, 0.15) is 12.3 Å². The molecule has 1 N–H and O–H groups in total. The molecule has 3 amide bonds. The van der Waals surface area contributed by atoms with Crippen LogP contribution in [0.3, 0.4) is 0 Å². The van der Waals surface area contributed by atoms with E-state index in [4.69, 9.17) is 4.74 Å². The number of imide groups is 1. The smallest absolute Gasteiger partial charge is 0.318 e. The molecule has 0 spiro atoms. The Bertz CT molecular complexity index is 1570. The van der Waals surface area contributed by atoms with Crippen molar-refractivity contribution in [1.29, 1.82) is 0 Å². The van der Waals surface area contributed by atoms with E-state index in [1.807, 2.05) is 26.0 Å². The van der Waals surface area contributed by atoms with Gasteiger partial charge >= 0.3 is 5.69 Å². The Morgan fingerprint density at radius 3 is 2.46 bits per heavy atom. The van der Waals surface area contributed by atoms with Crippen molar-refractivity contribution in [3.05, 3.63) is 102 Å². The van der Waals surface area contributed by atoms with Gasteiger partial charge in [0.05, 0.1) is 20.8 Å². The number of hydrogen-bond acceptors (Lipinski definition) is 9. The first-order chi connectivity index (χ1) is 18.5. The minimum absolute atomic E-state index is 0.0220. The summed E-state index contributed by atoms with van der Waals surface area (Å²) in [6.45, 7) is 3.21. The molecule has 1 aliphatic heterocycles. The van der Waals surface area contributed by atoms with Gasteiger partial charge in [-0.2, -0.15) is 0 Å². The van der Waals surface area contributed by atoms with E-state index in [1.165, 1.54) is 12.1 Å². The molecule has 39 heavy (non-hydrogen) atoms. The lowest BCUT2D eigenvalue weighted by atomic mass is 10.1. The monoisotopic (exact) mass is 548 g/mol. The van der Waals surface area contributed by atoms with Crippen molar-refractivity contribution in [3.8, 4) is 11.5 Å². The number of anilines is 1. The van der Waals surface area contributed by atoms with E-state index in [9.17, 15) is 34.6 Å². The number of para-hydroxylation sites is 1. The molecule has 3 aromatic carbocycles. The second-order valence-electron chi connectivity index (χ2n) is 8.44. The lowest BCUT2D eigenvalue weighted by Crippen LogP contribution is -2.36. The highest BCUT2D eigenvalue weighted by molar-refractivity contribution is 8.18. The predicted octanol–water partition coefficient (Wildman–Crippen LogP) is 5.59. The van der Waals surface area contributed by atoms with E-state index in [-0.39, 0.29) is 16.4 Å². The molecule has 12 nitrogen and oxygen atoms in total. The first-order valence-electron chi connectivity index (χ1n) is 11.4. The van der Waals surface area contributed by atoms with Crippen LogP contribution in [0, 0.1) is 34.1 Å². The average molecular weight is 549 g/mol. The molecule has 0 radical (unpaired) electrons. The number of carbonyl (C=O) groups is 3. The highest BCUT2D eigenvalue weighted by Crippen LogP contribution is 2.38. The van der Waals surface area contributed by atoms with Gasteiger partial charge in [-0.15, -0.1) is 0 Å². The Kier molecular flexibility index (Phi) is 7.72. The van der Waals surface area contributed by atoms with Crippen LogP contribution in [0.2, 0.25) is 0 Å². The molecule has 0 atom stereocenters. The number of nitro groups is 2. The summed E-state index contributed by atoms with van der Waals surface area (Å²) in [6, 6.07) is 14.8. The second-order valence-corrected chi connectivity index (χ2v) is 9.43. The summed E-state index contributed by atoms with van der Waals surface area (Å²) >= 11 is 0.639. The van der Waals surface area contributed by atoms with Gasteiger partial charge in [-0.25, -0.2) is 0 Å². The van der Waals surface area contributed by atoms with E-state index in [2.05, 4.69) is 5.32 Å². The number of nitro benzene ring substituents is 2. The van der Waals surface area contributed by atoms with Crippen LogP contribution in [0.5, 0.6) is 11.5 Å². The Hall–Kier alpha value is -5.04. The van der Waals surface area contributed by atoms with Crippen LogP contribution in [-0.2, 0) is 9.59 Å². The number of nitrogens with zero attached hydrogens (tertiary/aromatic N) is 3. The third kappa shape index (κ3) is 6.10. The van der Waals surface area contributed by atoms with Gasteiger partial charge in [0.25, 0.3) is 16.8 Å². The molecule has 0 saturated carbocycles. The van der Waals surface area contributed by atoms with Crippen LogP contribution in [0.15, 0.2) is 65.6 Å². The number of benzene rings is 3. The number of aryl methyl sites for hydroxylation is 2. The SMILES string of the molecule is Cc1ccc(C)c(NC(=O)CN2C(=O)S/C(=C/c3ccccc3Oc3ccc([N+](=O)[O-])cc3[N+](=O)[O-])C2=O)c1. The normalized spacial score (nSPS) is 14.0. The minimum Gasteiger partial charge on any atom is -0.449 e. The van der Waals surface area contributed by atoms with Crippen LogP contribution < -0.4 is 10.1 Å². The van der Waals surface area contributed by atoms with Crippen LogP contribution in [-0.4, -0.2) is 38.3 Å². The van der Waals surface area contributed by atoms with E-state index in [1.54, 1.807) is 24.3 Å². The summed E-state index contributed by atoms with van der Waals surface area (Å²) in [4.78, 5) is 59.9. The Morgan fingerprint density at radius 1 is 1.00 bits per heavy atom. The zero-order valence-corrected chi connectivity index (χ0v) is 21.4. The summed E-state index contributed by atoms with van der Waals surface area (Å²) in [5, 5.41) is 24.6. The first kappa shape index (κ1) is 27.0. The predicted molar refractivity (Wildman–Crippen MR) is 143 cm³/mol. The molecule has 1 saturated heterocycles. The van der Waals surface area contributed by atoms with Crippen molar-refractivity contribution >= 4 is 52.0 Å². The molecule has 13 heteroatoms. The third-order valence-corrected chi connectivity index (χ3v) is 6.53. The molecular formula is C26H20N4O8S. The lowest BCUT2D eigenvalue weighted by molar-refractivity contribution is -0.394. The van der Waals surface area contributed by atoms with E-state index in [0.29, 0.717) is 23.0 Å². The minimum atomic E-state index is -0.806. The summed E-state index contributed by atoms with van der Waals surface area (Å²) in [6.07, 6.45) is 1.38. The molecule has 4 rings (SSSR count). The van der Waals surface area contributed by atoms with Crippen LogP contribution in [0.4, 0.5) is 21.9 Å². The Balaban J connectivity index is 1.55. The lowest BCUT2D eigenvalue weighted by Gasteiger charge is -2.14. The fraction of sp³-hybridized carbons (Fsp3) is 0.115. The van der Waals surface area contributed by atoms with Crippen molar-refractivity contribution in [2.45, 2.75) is 13.8 Å². The molecular weight excluding hydrogens is 528 g/mol. The third-order valence-electron chi connectivity index (χ3n) is 5.62. The van der Waals surface area contributed by atoms with Crippen molar-refractivity contribution in [3.63, 3.8) is 0 Å². The van der Waals surface area contributed by atoms with Crippen molar-refractivity contribution in [2.24, 2.45) is 0 Å². The number of nitrogens with one attached hydrogen (secondary N) is 1. The molecule has 0 aromatic heterocycles. The van der Waals surface area contributed by atoms with Crippen molar-refractivity contribution in [1.82, 2.24) is 4.90 Å². The molecule has 198 valence electrons. The number of non-ortho nitro benzene ring substituents is 1. The zero-order chi connectivity index (χ0) is 28.3. The van der Waals surface area contributed by atoms with Crippen molar-refractivity contribution < 1.29 is 29.0 Å². The number of thioether (sulfide) groups is 1. The van der Waals surface area contributed by atoms with E-state index in [0.717, 1.165) is 34.2 Å². The molecule has 1 aliphatic rings. The highest BCUT2D eigenvalue weighted by atomic mass is 32.2. The summed E-state index contributed by atoms with van der Waals surface area (Å²) < 4.78 is 5.70. The van der Waals surface area contributed by atoms with Crippen LogP contribution in [0.25, 0.3) is 6.08 Å². The molecule has 0 aliphatic carbocycles. The topological polar surface area (TPSA) is 162 Å². The highest BCUT2D eigenvalue weighted by Gasteiger charge is 2.36. The van der Waals surface area contributed by atoms with Crippen LogP contribution in [0.1, 0.15) is 16.7 Å². The van der Waals surface area contributed by atoms with Gasteiger partial charge in [-0.3, -0.25) is 39.5 Å². The zero-order valence-electron chi connectivity index (χ0n) is 20.6. The summed E-state index contributed by atoms with van der Waals surface area (Å²) in [5.41, 5.74) is 1.56. The number of rotatable bonds is 8. The average Bonchev–Trinajstić information content (AvgIpc) is 3.14. The maximum absolute atomic E-state index is 13.0. The molecule has 0 bridgehead atoms. The molecule has 3 aromatic rings. The summed E-state index contributed by atoms with van der Waals surface area (Å²) in [5.74, 6) is -1.37. The standard InChI is InChI=1S/C26H20N4O8S/c1-15-7-8-16(2)19(11-15)27-24(31)14-28-25(32)23(39-26(28)33)12-17-5-3-4-6-21(17)38-22-10-9-18(29(34)35)13-20(22)30(36)37/h3-13H,14H2,1-2H3,(H,27,31)/b23-12+. The Morgan fingerprint density at radius 2 is 1.74 bits per heavy atom. The van der Waals surface area contributed by atoms with E-state index >= 15 is 0 Å². The fourth-order valence-electron chi connectivity index (χ4n) is 3.64. The first-order valence-corrected chi connectivity index (χ1v) is 12.2. The quantitative estimate of drug-likeness (QED) is 0.215. The molecule has 0 unspecified atom stereocenters. The fourth-order valence-corrected chi connectivity index (χ4v) is 4.47. The van der Waals surface area contributed by atoms with Gasteiger partial charge in [0.15, 0.2) is 0 Å². The second kappa shape index (κ2) is 11.1. The number of carbonyl (C=O) groups excluding carboxylic acids is 3. The van der Waals surface area contributed by atoms with Crippen LogP contribution >= 0.6 is 11.8 Å². The van der Waals surface area contributed by atoms with Gasteiger partial charge in [-0.05, 0) is 61.0 Å². The van der Waals surface area contributed by atoms with Gasteiger partial charge in [0, 0.05) is 17.3 Å². The van der Waals surface area contributed by atoms with Gasteiger partial charge < -0.3 is 10.1 Å². The van der Waals surface area contributed by atoms with Crippen molar-refractivity contribution in [2.75, 3.05) is 11.9 Å².